The molecule has 18 heavy (non-hydrogen) atoms. The summed E-state index contributed by atoms with van der Waals surface area (Å²) in [5.74, 6) is 0.415. The normalized spacial score (nSPS) is 19.2. The van der Waals surface area contributed by atoms with Gasteiger partial charge in [0.2, 0.25) is 0 Å². The molecular formula is C15H20N2O. The first kappa shape index (κ1) is 11.7. The van der Waals surface area contributed by atoms with Crippen molar-refractivity contribution in [2.45, 2.75) is 45.1 Å². The van der Waals surface area contributed by atoms with E-state index in [0.29, 0.717) is 5.92 Å². The molecule has 3 nitrogen and oxygen atoms in total. The van der Waals surface area contributed by atoms with Gasteiger partial charge in [0.15, 0.2) is 0 Å². The SMILES string of the molecule is Cc1ccn2cncc2c1[C@@H](O)C1CCCCC1. The first-order valence-corrected chi connectivity index (χ1v) is 6.86. The number of aromatic nitrogens is 2. The van der Waals surface area contributed by atoms with Crippen molar-refractivity contribution in [3.63, 3.8) is 0 Å². The fourth-order valence-electron chi connectivity index (χ4n) is 3.19. The highest BCUT2D eigenvalue weighted by Gasteiger charge is 2.25. The van der Waals surface area contributed by atoms with Crippen molar-refractivity contribution < 1.29 is 5.11 Å². The van der Waals surface area contributed by atoms with Gasteiger partial charge in [0.25, 0.3) is 0 Å². The Morgan fingerprint density at radius 3 is 2.89 bits per heavy atom. The maximum atomic E-state index is 10.7. The highest BCUT2D eigenvalue weighted by atomic mass is 16.3. The standard InChI is InChI=1S/C15H20N2O/c1-11-7-8-17-10-16-9-13(17)14(11)15(18)12-5-3-2-4-6-12/h7-10,12,15,18H,2-6H2,1H3/t15-/m0/s1. The lowest BCUT2D eigenvalue weighted by atomic mass is 9.82. The summed E-state index contributed by atoms with van der Waals surface area (Å²) in [6, 6.07) is 2.07. The largest absolute Gasteiger partial charge is 0.388 e. The van der Waals surface area contributed by atoms with Gasteiger partial charge in [-0.25, -0.2) is 4.98 Å². The summed E-state index contributed by atoms with van der Waals surface area (Å²) < 4.78 is 1.99. The number of imidazole rings is 1. The number of aliphatic hydroxyl groups is 1. The molecule has 0 aliphatic heterocycles. The van der Waals surface area contributed by atoms with E-state index in [4.69, 9.17) is 0 Å². The van der Waals surface area contributed by atoms with Crippen LogP contribution in [0, 0.1) is 12.8 Å². The first-order valence-electron chi connectivity index (χ1n) is 6.86. The molecule has 3 rings (SSSR count). The van der Waals surface area contributed by atoms with E-state index in [1.54, 1.807) is 6.33 Å². The van der Waals surface area contributed by atoms with Crippen molar-refractivity contribution in [3.05, 3.63) is 35.9 Å². The molecule has 2 aromatic rings. The third kappa shape index (κ3) is 1.93. The molecule has 2 aromatic heterocycles. The van der Waals surface area contributed by atoms with Gasteiger partial charge in [0.1, 0.15) is 0 Å². The monoisotopic (exact) mass is 244 g/mol. The van der Waals surface area contributed by atoms with Crippen LogP contribution < -0.4 is 0 Å². The van der Waals surface area contributed by atoms with E-state index >= 15 is 0 Å². The molecule has 1 aliphatic rings. The topological polar surface area (TPSA) is 37.5 Å². The minimum absolute atomic E-state index is 0.342. The number of aliphatic hydroxyl groups excluding tert-OH is 1. The van der Waals surface area contributed by atoms with E-state index in [-0.39, 0.29) is 6.10 Å². The molecule has 0 unspecified atom stereocenters. The Labute approximate surface area is 107 Å². The Bertz CT molecular complexity index is 540. The van der Waals surface area contributed by atoms with Gasteiger partial charge in [0.05, 0.1) is 24.1 Å². The second kappa shape index (κ2) is 4.73. The predicted octanol–water partition coefficient (Wildman–Crippen LogP) is 3.26. The second-order valence-corrected chi connectivity index (χ2v) is 5.44. The van der Waals surface area contributed by atoms with E-state index in [1.807, 2.05) is 16.8 Å². The lowest BCUT2D eigenvalue weighted by Crippen LogP contribution is -2.17. The Morgan fingerprint density at radius 2 is 2.11 bits per heavy atom. The summed E-state index contributed by atoms with van der Waals surface area (Å²) in [5, 5.41) is 10.7. The minimum atomic E-state index is -0.342. The van der Waals surface area contributed by atoms with Crippen LogP contribution in [0.4, 0.5) is 0 Å². The van der Waals surface area contributed by atoms with Crippen molar-refractivity contribution in [1.29, 1.82) is 0 Å². The third-order valence-corrected chi connectivity index (χ3v) is 4.24. The number of nitrogens with zero attached hydrogens (tertiary/aromatic N) is 2. The molecule has 2 heterocycles. The molecule has 0 amide bonds. The van der Waals surface area contributed by atoms with E-state index in [2.05, 4.69) is 18.0 Å². The second-order valence-electron chi connectivity index (χ2n) is 5.44. The summed E-state index contributed by atoms with van der Waals surface area (Å²) in [7, 11) is 0. The predicted molar refractivity (Wildman–Crippen MR) is 71.5 cm³/mol. The summed E-state index contributed by atoms with van der Waals surface area (Å²) in [6.45, 7) is 2.08. The van der Waals surface area contributed by atoms with Crippen LogP contribution in [-0.2, 0) is 0 Å². The van der Waals surface area contributed by atoms with Crippen LogP contribution in [0.5, 0.6) is 0 Å². The maximum Gasteiger partial charge on any atom is 0.0992 e. The van der Waals surface area contributed by atoms with Crippen LogP contribution in [0.2, 0.25) is 0 Å². The molecule has 1 fully saturated rings. The quantitative estimate of drug-likeness (QED) is 0.880. The molecular weight excluding hydrogens is 224 g/mol. The smallest absolute Gasteiger partial charge is 0.0992 e. The van der Waals surface area contributed by atoms with E-state index in [0.717, 1.165) is 23.9 Å². The first-order chi connectivity index (χ1) is 8.77. The maximum absolute atomic E-state index is 10.7. The molecule has 1 aliphatic carbocycles. The molecule has 0 aromatic carbocycles. The van der Waals surface area contributed by atoms with Gasteiger partial charge < -0.3 is 9.51 Å². The highest BCUT2D eigenvalue weighted by Crippen LogP contribution is 2.37. The van der Waals surface area contributed by atoms with E-state index in [1.165, 1.54) is 24.8 Å². The van der Waals surface area contributed by atoms with Gasteiger partial charge in [-0.05, 0) is 37.3 Å². The molecule has 1 saturated carbocycles. The van der Waals surface area contributed by atoms with Gasteiger partial charge in [-0.3, -0.25) is 0 Å². The number of aryl methyl sites for hydroxylation is 1. The van der Waals surface area contributed by atoms with Crippen LogP contribution >= 0.6 is 0 Å². The molecule has 0 radical (unpaired) electrons. The van der Waals surface area contributed by atoms with Crippen molar-refractivity contribution in [1.82, 2.24) is 9.38 Å². The van der Waals surface area contributed by atoms with Gasteiger partial charge in [-0.2, -0.15) is 0 Å². The lowest BCUT2D eigenvalue weighted by molar-refractivity contribution is 0.0852. The van der Waals surface area contributed by atoms with Crippen molar-refractivity contribution >= 4 is 5.52 Å². The van der Waals surface area contributed by atoms with Crippen molar-refractivity contribution in [2.75, 3.05) is 0 Å². The minimum Gasteiger partial charge on any atom is -0.388 e. The third-order valence-electron chi connectivity index (χ3n) is 4.24. The Balaban J connectivity index is 2.01. The van der Waals surface area contributed by atoms with Gasteiger partial charge >= 0.3 is 0 Å². The van der Waals surface area contributed by atoms with Gasteiger partial charge in [-0.1, -0.05) is 19.3 Å². The Kier molecular flexibility index (Phi) is 3.08. The molecule has 1 atom stereocenters. The molecule has 0 saturated heterocycles. The Hall–Kier alpha value is -1.35. The average Bonchev–Trinajstić information content (AvgIpc) is 2.87. The van der Waals surface area contributed by atoms with Gasteiger partial charge in [-0.15, -0.1) is 0 Å². The number of pyridine rings is 1. The average molecular weight is 244 g/mol. The Morgan fingerprint density at radius 1 is 1.33 bits per heavy atom. The zero-order chi connectivity index (χ0) is 12.5. The van der Waals surface area contributed by atoms with Crippen LogP contribution in [0.3, 0.4) is 0 Å². The summed E-state index contributed by atoms with van der Waals surface area (Å²) in [4.78, 5) is 4.18. The number of rotatable bonds is 2. The summed E-state index contributed by atoms with van der Waals surface area (Å²) in [6.07, 6.45) is 11.4. The molecule has 3 heteroatoms. The number of hydrogen-bond acceptors (Lipinski definition) is 2. The van der Waals surface area contributed by atoms with Crippen LogP contribution in [-0.4, -0.2) is 14.5 Å². The lowest BCUT2D eigenvalue weighted by Gasteiger charge is -2.28. The van der Waals surface area contributed by atoms with Crippen LogP contribution in [0.25, 0.3) is 5.52 Å². The molecule has 1 N–H and O–H groups in total. The fourth-order valence-corrected chi connectivity index (χ4v) is 3.19. The van der Waals surface area contributed by atoms with Crippen LogP contribution in [0.1, 0.15) is 49.3 Å². The number of fused-ring (bicyclic) bond motifs is 1. The van der Waals surface area contributed by atoms with Crippen molar-refractivity contribution in [2.24, 2.45) is 5.92 Å². The zero-order valence-corrected chi connectivity index (χ0v) is 10.8. The summed E-state index contributed by atoms with van der Waals surface area (Å²) >= 11 is 0. The molecule has 0 spiro atoms. The molecule has 0 bridgehead atoms. The van der Waals surface area contributed by atoms with Crippen molar-refractivity contribution in [3.8, 4) is 0 Å². The van der Waals surface area contributed by atoms with E-state index in [9.17, 15) is 5.11 Å². The van der Waals surface area contributed by atoms with Gasteiger partial charge in [0, 0.05) is 11.8 Å². The zero-order valence-electron chi connectivity index (χ0n) is 10.8. The molecule has 96 valence electrons. The fraction of sp³-hybridized carbons (Fsp3) is 0.533. The number of hydrogen-bond donors (Lipinski definition) is 1. The summed E-state index contributed by atoms with van der Waals surface area (Å²) in [5.41, 5.74) is 3.29. The van der Waals surface area contributed by atoms with E-state index < -0.39 is 0 Å². The van der Waals surface area contributed by atoms with Crippen LogP contribution in [0.15, 0.2) is 24.8 Å². The highest BCUT2D eigenvalue weighted by molar-refractivity contribution is 5.57.